The zero-order valence-electron chi connectivity index (χ0n) is 13.6. The number of aromatic nitrogens is 1. The number of anilines is 2. The molecule has 0 unspecified atom stereocenters. The Labute approximate surface area is 145 Å². The van der Waals surface area contributed by atoms with Gasteiger partial charge in [-0.25, -0.2) is 18.4 Å². The van der Waals surface area contributed by atoms with Crippen LogP contribution in [0.25, 0.3) is 10.9 Å². The number of fused-ring (bicyclic) bond motifs is 1. The second-order valence-electron chi connectivity index (χ2n) is 5.49. The number of hydrogen-bond acceptors (Lipinski definition) is 3. The number of nitrogens with zero attached hydrogens (tertiary/aromatic N) is 1. The lowest BCUT2D eigenvalue weighted by Gasteiger charge is -2.07. The molecule has 0 fully saturated rings. The SMILES string of the molecule is CCn1cc(NC(=O)Nc2ccc(S(N)(=O)=O)cc2)c2ccccc21. The van der Waals surface area contributed by atoms with Crippen LogP contribution >= 0.6 is 0 Å². The Bertz CT molecular complexity index is 1020. The maximum atomic E-state index is 12.2. The fourth-order valence-electron chi connectivity index (χ4n) is 2.62. The van der Waals surface area contributed by atoms with E-state index < -0.39 is 16.1 Å². The number of nitrogens with two attached hydrogens (primary N) is 1. The predicted molar refractivity (Wildman–Crippen MR) is 98.1 cm³/mol. The number of benzene rings is 2. The maximum Gasteiger partial charge on any atom is 0.323 e. The Morgan fingerprint density at radius 3 is 2.40 bits per heavy atom. The van der Waals surface area contributed by atoms with Gasteiger partial charge in [0.2, 0.25) is 10.0 Å². The van der Waals surface area contributed by atoms with Gasteiger partial charge in [-0.1, -0.05) is 18.2 Å². The topological polar surface area (TPSA) is 106 Å². The lowest BCUT2D eigenvalue weighted by atomic mass is 10.2. The molecular weight excluding hydrogens is 340 g/mol. The summed E-state index contributed by atoms with van der Waals surface area (Å²) in [4.78, 5) is 12.2. The van der Waals surface area contributed by atoms with E-state index >= 15 is 0 Å². The van der Waals surface area contributed by atoms with Crippen LogP contribution in [0.2, 0.25) is 0 Å². The van der Waals surface area contributed by atoms with Crippen LogP contribution in [-0.4, -0.2) is 19.0 Å². The molecule has 0 aliphatic carbocycles. The molecule has 0 aliphatic heterocycles. The van der Waals surface area contributed by atoms with Crippen LogP contribution in [-0.2, 0) is 16.6 Å². The quantitative estimate of drug-likeness (QED) is 0.667. The van der Waals surface area contributed by atoms with Gasteiger partial charge in [0.15, 0.2) is 0 Å². The van der Waals surface area contributed by atoms with Crippen molar-refractivity contribution >= 4 is 38.3 Å². The molecule has 7 nitrogen and oxygen atoms in total. The first-order chi connectivity index (χ1) is 11.9. The molecule has 0 aliphatic rings. The predicted octanol–water partition coefficient (Wildman–Crippen LogP) is 2.95. The van der Waals surface area contributed by atoms with Crippen molar-refractivity contribution < 1.29 is 13.2 Å². The minimum Gasteiger partial charge on any atom is -0.346 e. The Hall–Kier alpha value is -2.84. The van der Waals surface area contributed by atoms with Crippen LogP contribution < -0.4 is 15.8 Å². The summed E-state index contributed by atoms with van der Waals surface area (Å²) in [5, 5.41) is 11.5. The number of hydrogen-bond donors (Lipinski definition) is 3. The summed E-state index contributed by atoms with van der Waals surface area (Å²) in [5.41, 5.74) is 2.21. The normalized spacial score (nSPS) is 11.4. The van der Waals surface area contributed by atoms with Crippen molar-refractivity contribution in [3.63, 3.8) is 0 Å². The van der Waals surface area contributed by atoms with Gasteiger partial charge in [-0.3, -0.25) is 0 Å². The largest absolute Gasteiger partial charge is 0.346 e. The van der Waals surface area contributed by atoms with Crippen molar-refractivity contribution in [2.24, 2.45) is 5.14 Å². The van der Waals surface area contributed by atoms with E-state index in [1.807, 2.05) is 42.0 Å². The highest BCUT2D eigenvalue weighted by Crippen LogP contribution is 2.26. The number of rotatable bonds is 4. The molecule has 25 heavy (non-hydrogen) atoms. The number of amides is 2. The van der Waals surface area contributed by atoms with Crippen molar-refractivity contribution in [1.29, 1.82) is 0 Å². The van der Waals surface area contributed by atoms with E-state index in [0.29, 0.717) is 11.4 Å². The number of carbonyl (C=O) groups excluding carboxylic acids is 1. The van der Waals surface area contributed by atoms with E-state index in [-0.39, 0.29) is 4.90 Å². The van der Waals surface area contributed by atoms with Crippen molar-refractivity contribution in [2.45, 2.75) is 18.4 Å². The number of aryl methyl sites for hydroxylation is 1. The molecular formula is C17H18N4O3S. The van der Waals surface area contributed by atoms with Gasteiger partial charge >= 0.3 is 6.03 Å². The zero-order valence-corrected chi connectivity index (χ0v) is 14.4. The summed E-state index contributed by atoms with van der Waals surface area (Å²) in [6, 6.07) is 13.0. The summed E-state index contributed by atoms with van der Waals surface area (Å²) >= 11 is 0. The van der Waals surface area contributed by atoms with Crippen molar-refractivity contribution in [2.75, 3.05) is 10.6 Å². The lowest BCUT2D eigenvalue weighted by Crippen LogP contribution is -2.19. The second kappa shape index (κ2) is 6.58. The van der Waals surface area contributed by atoms with Crippen LogP contribution in [0, 0.1) is 0 Å². The minimum atomic E-state index is -3.75. The van der Waals surface area contributed by atoms with Gasteiger partial charge in [-0.2, -0.15) is 0 Å². The third-order valence-electron chi connectivity index (χ3n) is 3.82. The van der Waals surface area contributed by atoms with Crippen molar-refractivity contribution in [3.8, 4) is 0 Å². The summed E-state index contributed by atoms with van der Waals surface area (Å²) in [5.74, 6) is 0. The highest BCUT2D eigenvalue weighted by molar-refractivity contribution is 7.89. The van der Waals surface area contributed by atoms with Crippen molar-refractivity contribution in [3.05, 3.63) is 54.7 Å². The molecule has 3 aromatic rings. The maximum absolute atomic E-state index is 12.2. The van der Waals surface area contributed by atoms with E-state index in [0.717, 1.165) is 17.4 Å². The molecule has 0 radical (unpaired) electrons. The molecule has 0 saturated heterocycles. The van der Waals surface area contributed by atoms with E-state index in [1.165, 1.54) is 24.3 Å². The van der Waals surface area contributed by atoms with Crippen molar-refractivity contribution in [1.82, 2.24) is 4.57 Å². The van der Waals surface area contributed by atoms with Crippen LogP contribution in [0.1, 0.15) is 6.92 Å². The zero-order chi connectivity index (χ0) is 18.0. The average molecular weight is 358 g/mol. The highest BCUT2D eigenvalue weighted by Gasteiger charge is 2.11. The number of para-hydroxylation sites is 1. The number of nitrogens with one attached hydrogen (secondary N) is 2. The summed E-state index contributed by atoms with van der Waals surface area (Å²) in [6.07, 6.45) is 1.88. The molecule has 2 aromatic carbocycles. The summed E-state index contributed by atoms with van der Waals surface area (Å²) in [6.45, 7) is 2.82. The fraction of sp³-hybridized carbons (Fsp3) is 0.118. The molecule has 0 atom stereocenters. The molecule has 0 saturated carbocycles. The molecule has 3 rings (SSSR count). The smallest absolute Gasteiger partial charge is 0.323 e. The average Bonchev–Trinajstić information content (AvgIpc) is 2.92. The van der Waals surface area contributed by atoms with Crippen LogP contribution in [0.15, 0.2) is 59.6 Å². The molecule has 0 spiro atoms. The monoisotopic (exact) mass is 358 g/mol. The second-order valence-corrected chi connectivity index (χ2v) is 7.06. The molecule has 4 N–H and O–H groups in total. The molecule has 2 amide bonds. The fourth-order valence-corrected chi connectivity index (χ4v) is 3.14. The Morgan fingerprint density at radius 1 is 1.08 bits per heavy atom. The first kappa shape index (κ1) is 17.0. The Morgan fingerprint density at radius 2 is 1.76 bits per heavy atom. The third kappa shape index (κ3) is 3.65. The van der Waals surface area contributed by atoms with Gasteiger partial charge in [-0.15, -0.1) is 0 Å². The standard InChI is InChI=1S/C17H18N4O3S/c1-2-21-11-15(14-5-3-4-6-16(14)21)20-17(22)19-12-7-9-13(10-8-12)25(18,23)24/h3-11H,2H2,1H3,(H2,18,23,24)(H2,19,20,22). The minimum absolute atomic E-state index is 0.00975. The number of carbonyl (C=O) groups is 1. The molecule has 8 heteroatoms. The summed E-state index contributed by atoms with van der Waals surface area (Å²) in [7, 11) is -3.75. The van der Waals surface area contributed by atoms with Crippen LogP contribution in [0.4, 0.5) is 16.2 Å². The Balaban J connectivity index is 1.77. The molecule has 1 heterocycles. The molecule has 0 bridgehead atoms. The van der Waals surface area contributed by atoms with Gasteiger partial charge in [0, 0.05) is 23.8 Å². The first-order valence-electron chi connectivity index (χ1n) is 7.67. The third-order valence-corrected chi connectivity index (χ3v) is 4.75. The van der Waals surface area contributed by atoms with Gasteiger partial charge in [0.1, 0.15) is 0 Å². The molecule has 1 aromatic heterocycles. The number of urea groups is 1. The van der Waals surface area contributed by atoms with Gasteiger partial charge in [0.25, 0.3) is 0 Å². The van der Waals surface area contributed by atoms with E-state index in [2.05, 4.69) is 10.6 Å². The first-order valence-corrected chi connectivity index (χ1v) is 9.22. The Kier molecular flexibility index (Phi) is 4.47. The van der Waals surface area contributed by atoms with Gasteiger partial charge in [0.05, 0.1) is 16.1 Å². The lowest BCUT2D eigenvalue weighted by molar-refractivity contribution is 0.262. The highest BCUT2D eigenvalue weighted by atomic mass is 32.2. The number of primary sulfonamides is 1. The van der Waals surface area contributed by atoms with Crippen LogP contribution in [0.3, 0.4) is 0 Å². The van der Waals surface area contributed by atoms with Crippen LogP contribution in [0.5, 0.6) is 0 Å². The van der Waals surface area contributed by atoms with Gasteiger partial charge < -0.3 is 15.2 Å². The summed E-state index contributed by atoms with van der Waals surface area (Å²) < 4.78 is 24.5. The molecule has 130 valence electrons. The van der Waals surface area contributed by atoms with Gasteiger partial charge in [-0.05, 0) is 37.3 Å². The number of sulfonamides is 1. The van der Waals surface area contributed by atoms with E-state index in [4.69, 9.17) is 5.14 Å². The van der Waals surface area contributed by atoms with E-state index in [1.54, 1.807) is 0 Å². The van der Waals surface area contributed by atoms with E-state index in [9.17, 15) is 13.2 Å².